The third kappa shape index (κ3) is 5.22. The number of hydrogen-bond donors (Lipinski definition) is 0. The molecule has 1 heterocycles. The van der Waals surface area contributed by atoms with Gasteiger partial charge < -0.3 is 13.9 Å². The second-order valence-corrected chi connectivity index (χ2v) is 13.0. The van der Waals surface area contributed by atoms with Crippen molar-refractivity contribution in [3.8, 4) is 11.8 Å². The number of hydrogen-bond acceptors (Lipinski definition) is 3. The predicted molar refractivity (Wildman–Crippen MR) is 125 cm³/mol. The number of rotatable bonds is 7. The predicted octanol–water partition coefficient (Wildman–Crippen LogP) is 4.85. The first-order valence-electron chi connectivity index (χ1n) is 10.9. The van der Waals surface area contributed by atoms with Crippen LogP contribution in [0.15, 0.2) is 60.7 Å². The summed E-state index contributed by atoms with van der Waals surface area (Å²) in [5.41, 5.74) is 0. The fraction of sp³-hybridized carbons (Fsp3) is 0.462. The van der Waals surface area contributed by atoms with E-state index in [-0.39, 0.29) is 11.3 Å². The van der Waals surface area contributed by atoms with Crippen molar-refractivity contribution in [3.63, 3.8) is 0 Å². The van der Waals surface area contributed by atoms with Crippen LogP contribution in [-0.2, 0) is 13.9 Å². The lowest BCUT2D eigenvalue weighted by atomic mass is 10.2. The Morgan fingerprint density at radius 1 is 1.00 bits per heavy atom. The molecule has 0 spiro atoms. The van der Waals surface area contributed by atoms with Gasteiger partial charge in [-0.25, -0.2) is 0 Å². The highest BCUT2D eigenvalue weighted by Gasteiger charge is 2.51. The SMILES string of the molecule is CC#CCC(OC1CCCCO1)O[Si](c1ccccc1)(c1ccccc1)C(C)(C)C. The van der Waals surface area contributed by atoms with Crippen LogP contribution in [0.5, 0.6) is 0 Å². The summed E-state index contributed by atoms with van der Waals surface area (Å²) in [5, 5.41) is 2.38. The third-order valence-electron chi connectivity index (χ3n) is 5.61. The number of ether oxygens (including phenoxy) is 2. The second kappa shape index (κ2) is 10.4. The van der Waals surface area contributed by atoms with Gasteiger partial charge in [0.1, 0.15) is 0 Å². The van der Waals surface area contributed by atoms with Gasteiger partial charge in [-0.2, -0.15) is 0 Å². The molecule has 3 rings (SSSR count). The summed E-state index contributed by atoms with van der Waals surface area (Å²) in [6.45, 7) is 9.43. The maximum atomic E-state index is 7.11. The molecule has 0 radical (unpaired) electrons. The monoisotopic (exact) mass is 422 g/mol. The van der Waals surface area contributed by atoms with E-state index in [0.717, 1.165) is 25.9 Å². The molecule has 2 aromatic rings. The van der Waals surface area contributed by atoms with Crippen molar-refractivity contribution in [2.24, 2.45) is 0 Å². The van der Waals surface area contributed by atoms with Crippen molar-refractivity contribution < 1.29 is 13.9 Å². The van der Waals surface area contributed by atoms with Crippen LogP contribution < -0.4 is 10.4 Å². The average molecular weight is 423 g/mol. The van der Waals surface area contributed by atoms with Crippen LogP contribution >= 0.6 is 0 Å². The summed E-state index contributed by atoms with van der Waals surface area (Å²) < 4.78 is 19.4. The summed E-state index contributed by atoms with van der Waals surface area (Å²) in [5.74, 6) is 6.19. The first-order chi connectivity index (χ1) is 14.5. The molecule has 0 aromatic heterocycles. The first-order valence-corrected chi connectivity index (χ1v) is 12.8. The summed E-state index contributed by atoms with van der Waals surface area (Å²) in [6.07, 6.45) is 2.99. The minimum Gasteiger partial charge on any atom is -0.382 e. The molecule has 30 heavy (non-hydrogen) atoms. The molecule has 4 heteroatoms. The Balaban J connectivity index is 2.05. The zero-order valence-corrected chi connectivity index (χ0v) is 19.7. The molecular formula is C26H34O3Si. The van der Waals surface area contributed by atoms with E-state index in [1.54, 1.807) is 0 Å². The topological polar surface area (TPSA) is 27.7 Å². The van der Waals surface area contributed by atoms with Gasteiger partial charge in [0.05, 0.1) is 6.42 Å². The van der Waals surface area contributed by atoms with Gasteiger partial charge in [0.15, 0.2) is 12.6 Å². The van der Waals surface area contributed by atoms with E-state index >= 15 is 0 Å². The van der Waals surface area contributed by atoms with Crippen LogP contribution in [0.1, 0.15) is 53.4 Å². The molecule has 2 unspecified atom stereocenters. The van der Waals surface area contributed by atoms with Gasteiger partial charge in [0.25, 0.3) is 8.32 Å². The molecule has 1 fully saturated rings. The zero-order valence-electron chi connectivity index (χ0n) is 18.7. The maximum absolute atomic E-state index is 7.11. The molecule has 0 N–H and O–H groups in total. The Hall–Kier alpha value is -1.90. The van der Waals surface area contributed by atoms with Crippen LogP contribution in [0.3, 0.4) is 0 Å². The molecule has 1 aliphatic rings. The van der Waals surface area contributed by atoms with E-state index < -0.39 is 14.6 Å². The number of benzene rings is 2. The summed E-state index contributed by atoms with van der Waals surface area (Å²) >= 11 is 0. The molecule has 1 aliphatic heterocycles. The molecule has 2 aromatic carbocycles. The minimum atomic E-state index is -2.70. The normalized spacial score (nSPS) is 18.3. The van der Waals surface area contributed by atoms with E-state index in [1.165, 1.54) is 10.4 Å². The van der Waals surface area contributed by atoms with Gasteiger partial charge in [0.2, 0.25) is 0 Å². The molecule has 2 atom stereocenters. The lowest BCUT2D eigenvalue weighted by Crippen LogP contribution is -2.68. The quantitative estimate of drug-likeness (QED) is 0.363. The average Bonchev–Trinajstić information content (AvgIpc) is 2.76. The van der Waals surface area contributed by atoms with E-state index in [4.69, 9.17) is 13.9 Å². The molecule has 0 bridgehead atoms. The van der Waals surface area contributed by atoms with Crippen LogP contribution in [0, 0.1) is 11.8 Å². The van der Waals surface area contributed by atoms with E-state index in [9.17, 15) is 0 Å². The zero-order chi connectivity index (χ0) is 21.5. The molecule has 3 nitrogen and oxygen atoms in total. The van der Waals surface area contributed by atoms with Crippen molar-refractivity contribution in [1.82, 2.24) is 0 Å². The standard InChI is InChI=1S/C26H34O3Si/c1-5-6-19-25(28-24-20-13-14-21-27-24)29-30(26(2,3)4,22-15-9-7-10-16-22)23-17-11-8-12-18-23/h7-12,15-18,24-25H,13-14,19-21H2,1-4H3. The molecule has 0 aliphatic carbocycles. The lowest BCUT2D eigenvalue weighted by molar-refractivity contribution is -0.232. The highest BCUT2D eigenvalue weighted by molar-refractivity contribution is 6.99. The van der Waals surface area contributed by atoms with E-state index in [1.807, 2.05) is 6.92 Å². The highest BCUT2D eigenvalue weighted by atomic mass is 28.4. The Kier molecular flexibility index (Phi) is 7.91. The van der Waals surface area contributed by atoms with Gasteiger partial charge in [-0.15, -0.1) is 5.92 Å². The van der Waals surface area contributed by atoms with Crippen molar-refractivity contribution in [3.05, 3.63) is 60.7 Å². The fourth-order valence-electron chi connectivity index (χ4n) is 4.18. The summed E-state index contributed by atoms with van der Waals surface area (Å²) in [4.78, 5) is 0. The van der Waals surface area contributed by atoms with E-state index in [0.29, 0.717) is 6.42 Å². The third-order valence-corrected chi connectivity index (χ3v) is 10.6. The molecule has 0 saturated carbocycles. The molecule has 160 valence electrons. The largest absolute Gasteiger partial charge is 0.382 e. The van der Waals surface area contributed by atoms with Crippen LogP contribution in [0.4, 0.5) is 0 Å². The van der Waals surface area contributed by atoms with Crippen molar-refractivity contribution >= 4 is 18.7 Å². The lowest BCUT2D eigenvalue weighted by Gasteiger charge is -2.45. The van der Waals surface area contributed by atoms with Gasteiger partial charge >= 0.3 is 0 Å². The Labute approximate surface area is 182 Å². The first kappa shape index (κ1) is 22.8. The van der Waals surface area contributed by atoms with Gasteiger partial charge in [-0.05, 0) is 41.6 Å². The Morgan fingerprint density at radius 2 is 1.60 bits per heavy atom. The summed E-state index contributed by atoms with van der Waals surface area (Å²) in [7, 11) is -2.70. The van der Waals surface area contributed by atoms with Gasteiger partial charge in [-0.1, -0.05) is 87.4 Å². The second-order valence-electron chi connectivity index (χ2n) is 8.77. The summed E-state index contributed by atoms with van der Waals surface area (Å²) in [6, 6.07) is 21.3. The Bertz CT molecular complexity index is 788. The fourth-order valence-corrected chi connectivity index (χ4v) is 8.73. The van der Waals surface area contributed by atoms with Crippen LogP contribution in [0.2, 0.25) is 5.04 Å². The maximum Gasteiger partial charge on any atom is 0.264 e. The van der Waals surface area contributed by atoms with Crippen molar-refractivity contribution in [1.29, 1.82) is 0 Å². The Morgan fingerprint density at radius 3 is 2.07 bits per heavy atom. The van der Waals surface area contributed by atoms with E-state index in [2.05, 4.69) is 93.3 Å². The van der Waals surface area contributed by atoms with Crippen LogP contribution in [0.25, 0.3) is 0 Å². The van der Waals surface area contributed by atoms with Gasteiger partial charge in [0, 0.05) is 6.61 Å². The highest BCUT2D eigenvalue weighted by Crippen LogP contribution is 2.38. The van der Waals surface area contributed by atoms with Crippen molar-refractivity contribution in [2.45, 2.75) is 71.0 Å². The smallest absolute Gasteiger partial charge is 0.264 e. The van der Waals surface area contributed by atoms with Crippen LogP contribution in [-0.4, -0.2) is 27.5 Å². The molecular weight excluding hydrogens is 388 g/mol. The van der Waals surface area contributed by atoms with Crippen molar-refractivity contribution in [2.75, 3.05) is 6.61 Å². The van der Waals surface area contributed by atoms with Gasteiger partial charge in [-0.3, -0.25) is 0 Å². The molecule has 1 saturated heterocycles. The molecule has 0 amide bonds. The minimum absolute atomic E-state index is 0.107.